The third kappa shape index (κ3) is 3.34. The lowest BCUT2D eigenvalue weighted by Gasteiger charge is -2.28. The van der Waals surface area contributed by atoms with Gasteiger partial charge < -0.3 is 15.2 Å². The molecule has 1 aliphatic rings. The molecule has 3 rings (SSSR count). The van der Waals surface area contributed by atoms with Gasteiger partial charge in [0.1, 0.15) is 12.4 Å². The van der Waals surface area contributed by atoms with Crippen molar-refractivity contribution in [3.05, 3.63) is 65.2 Å². The number of carbonyl (C=O) groups is 2. The lowest BCUT2D eigenvalue weighted by molar-refractivity contribution is -0.123. The zero-order chi connectivity index (χ0) is 16.2. The van der Waals surface area contributed by atoms with Crippen LogP contribution in [0.4, 0.5) is 0 Å². The van der Waals surface area contributed by atoms with Gasteiger partial charge in [-0.25, -0.2) is 4.79 Å². The van der Waals surface area contributed by atoms with Crippen molar-refractivity contribution in [1.29, 1.82) is 0 Å². The predicted octanol–water partition coefficient (Wildman–Crippen LogP) is 2.22. The second kappa shape index (κ2) is 6.52. The lowest BCUT2D eigenvalue weighted by Crippen LogP contribution is -2.37. The maximum atomic E-state index is 12.1. The summed E-state index contributed by atoms with van der Waals surface area (Å²) in [6.45, 7) is 0.755. The van der Waals surface area contributed by atoms with E-state index in [0.29, 0.717) is 18.9 Å². The van der Waals surface area contributed by atoms with E-state index in [1.165, 1.54) is 17.7 Å². The molecule has 5 nitrogen and oxygen atoms in total. The van der Waals surface area contributed by atoms with E-state index < -0.39 is 5.97 Å². The summed E-state index contributed by atoms with van der Waals surface area (Å²) in [6, 6.07) is 14.1. The maximum absolute atomic E-state index is 12.1. The highest BCUT2D eigenvalue weighted by Gasteiger charge is 2.31. The molecule has 0 spiro atoms. The Morgan fingerprint density at radius 2 is 1.87 bits per heavy atom. The number of aromatic carboxylic acids is 1. The highest BCUT2D eigenvalue weighted by Crippen LogP contribution is 2.34. The lowest BCUT2D eigenvalue weighted by atomic mass is 9.77. The van der Waals surface area contributed by atoms with Crippen LogP contribution < -0.4 is 10.1 Å². The molecule has 0 radical (unpaired) electrons. The van der Waals surface area contributed by atoms with Gasteiger partial charge in [-0.15, -0.1) is 0 Å². The molecule has 0 aliphatic heterocycles. The van der Waals surface area contributed by atoms with Crippen molar-refractivity contribution in [2.75, 3.05) is 13.2 Å². The second-order valence-electron chi connectivity index (χ2n) is 5.42. The van der Waals surface area contributed by atoms with Crippen molar-refractivity contribution in [3.8, 4) is 5.75 Å². The van der Waals surface area contributed by atoms with Crippen molar-refractivity contribution in [2.45, 2.75) is 12.3 Å². The summed E-state index contributed by atoms with van der Waals surface area (Å²) >= 11 is 0. The Balaban J connectivity index is 1.42. The number of carboxylic acids is 1. The maximum Gasteiger partial charge on any atom is 0.335 e. The first-order valence-electron chi connectivity index (χ1n) is 7.47. The number of carbonyl (C=O) groups excluding carboxylic acids is 1. The first kappa shape index (κ1) is 15.1. The van der Waals surface area contributed by atoms with E-state index >= 15 is 0 Å². The van der Waals surface area contributed by atoms with Gasteiger partial charge in [0.25, 0.3) is 0 Å². The molecule has 0 heterocycles. The molecule has 2 aromatic carbocycles. The van der Waals surface area contributed by atoms with E-state index in [-0.39, 0.29) is 17.4 Å². The minimum absolute atomic E-state index is 0.0218. The van der Waals surface area contributed by atoms with Crippen molar-refractivity contribution in [2.24, 2.45) is 0 Å². The van der Waals surface area contributed by atoms with Crippen LogP contribution in [-0.4, -0.2) is 30.1 Å². The number of rotatable bonds is 6. The van der Waals surface area contributed by atoms with Gasteiger partial charge in [0.05, 0.1) is 18.0 Å². The van der Waals surface area contributed by atoms with Crippen molar-refractivity contribution < 1.29 is 19.4 Å². The van der Waals surface area contributed by atoms with Gasteiger partial charge in [0.15, 0.2) is 0 Å². The minimum atomic E-state index is -0.968. The molecule has 118 valence electrons. The quantitative estimate of drug-likeness (QED) is 0.802. The summed E-state index contributed by atoms with van der Waals surface area (Å²) < 4.78 is 5.48. The Morgan fingerprint density at radius 3 is 2.57 bits per heavy atom. The van der Waals surface area contributed by atoms with Gasteiger partial charge in [-0.1, -0.05) is 24.3 Å². The third-order valence-electron chi connectivity index (χ3n) is 3.94. The number of benzene rings is 2. The standard InChI is InChI=1S/C18H17NO4/c20-17(16-11-13-3-1-2-4-15(13)16)19-9-10-23-14-7-5-12(6-8-14)18(21)22/h1-8,16H,9-11H2,(H,19,20)(H,21,22). The fraction of sp³-hybridized carbons (Fsp3) is 0.222. The molecular formula is C18H17NO4. The van der Waals surface area contributed by atoms with Crippen molar-refractivity contribution in [3.63, 3.8) is 0 Å². The van der Waals surface area contributed by atoms with Crippen LogP contribution in [0.15, 0.2) is 48.5 Å². The smallest absolute Gasteiger partial charge is 0.335 e. The average molecular weight is 311 g/mol. The molecule has 0 saturated carbocycles. The summed E-state index contributed by atoms with van der Waals surface area (Å²) in [5.41, 5.74) is 2.56. The van der Waals surface area contributed by atoms with Gasteiger partial charge in [0, 0.05) is 0 Å². The number of hydrogen-bond donors (Lipinski definition) is 2. The number of amides is 1. The summed E-state index contributed by atoms with van der Waals surface area (Å²) in [7, 11) is 0. The third-order valence-corrected chi connectivity index (χ3v) is 3.94. The zero-order valence-corrected chi connectivity index (χ0v) is 12.5. The predicted molar refractivity (Wildman–Crippen MR) is 84.8 cm³/mol. The van der Waals surface area contributed by atoms with Crippen LogP contribution in [0.1, 0.15) is 27.4 Å². The number of ether oxygens (including phenoxy) is 1. The normalized spacial score (nSPS) is 15.2. The first-order chi connectivity index (χ1) is 11.1. The minimum Gasteiger partial charge on any atom is -0.492 e. The first-order valence-corrected chi connectivity index (χ1v) is 7.47. The monoisotopic (exact) mass is 311 g/mol. The van der Waals surface area contributed by atoms with Crippen molar-refractivity contribution >= 4 is 11.9 Å². The van der Waals surface area contributed by atoms with Crippen LogP contribution in [0.25, 0.3) is 0 Å². The van der Waals surface area contributed by atoms with Crippen molar-refractivity contribution in [1.82, 2.24) is 5.32 Å². The number of hydrogen-bond acceptors (Lipinski definition) is 3. The van der Waals surface area contributed by atoms with Gasteiger partial charge in [-0.2, -0.15) is 0 Å². The Bertz CT molecular complexity index is 724. The van der Waals surface area contributed by atoms with Gasteiger partial charge >= 0.3 is 5.97 Å². The summed E-state index contributed by atoms with van der Waals surface area (Å²) in [4.78, 5) is 22.8. The van der Waals surface area contributed by atoms with Crippen LogP contribution in [-0.2, 0) is 11.2 Å². The molecule has 1 unspecified atom stereocenters. The number of fused-ring (bicyclic) bond motifs is 1. The van der Waals surface area contributed by atoms with Crippen LogP contribution in [0.2, 0.25) is 0 Å². The Labute approximate surface area is 133 Å². The highest BCUT2D eigenvalue weighted by atomic mass is 16.5. The Kier molecular flexibility index (Phi) is 4.28. The zero-order valence-electron chi connectivity index (χ0n) is 12.5. The molecule has 1 amide bonds. The Hall–Kier alpha value is -2.82. The van der Waals surface area contributed by atoms with E-state index in [2.05, 4.69) is 5.32 Å². The van der Waals surface area contributed by atoms with E-state index in [1.54, 1.807) is 12.1 Å². The molecule has 2 aromatic rings. The molecule has 1 aliphatic carbocycles. The molecule has 2 N–H and O–H groups in total. The van der Waals surface area contributed by atoms with E-state index in [9.17, 15) is 9.59 Å². The van der Waals surface area contributed by atoms with Crippen LogP contribution >= 0.6 is 0 Å². The molecule has 5 heteroatoms. The van der Waals surface area contributed by atoms with Crippen LogP contribution in [0.5, 0.6) is 5.75 Å². The van der Waals surface area contributed by atoms with Gasteiger partial charge in [-0.3, -0.25) is 4.79 Å². The van der Waals surface area contributed by atoms with E-state index in [0.717, 1.165) is 12.0 Å². The highest BCUT2D eigenvalue weighted by molar-refractivity contribution is 5.87. The molecule has 0 bridgehead atoms. The number of carboxylic acid groups (broad SMARTS) is 1. The molecule has 0 fully saturated rings. The fourth-order valence-corrected chi connectivity index (χ4v) is 2.65. The van der Waals surface area contributed by atoms with E-state index in [4.69, 9.17) is 9.84 Å². The topological polar surface area (TPSA) is 75.6 Å². The summed E-state index contributed by atoms with van der Waals surface area (Å²) in [6.07, 6.45) is 0.791. The molecule has 23 heavy (non-hydrogen) atoms. The van der Waals surface area contributed by atoms with Crippen LogP contribution in [0.3, 0.4) is 0 Å². The SMILES string of the molecule is O=C(O)c1ccc(OCCNC(=O)C2Cc3ccccc32)cc1. The van der Waals surface area contributed by atoms with E-state index in [1.807, 2.05) is 24.3 Å². The molecule has 0 aromatic heterocycles. The largest absolute Gasteiger partial charge is 0.492 e. The molecule has 0 saturated heterocycles. The Morgan fingerprint density at radius 1 is 1.13 bits per heavy atom. The van der Waals surface area contributed by atoms with Crippen LogP contribution in [0, 0.1) is 0 Å². The average Bonchev–Trinajstić information content (AvgIpc) is 2.53. The second-order valence-corrected chi connectivity index (χ2v) is 5.42. The molecular weight excluding hydrogens is 294 g/mol. The van der Waals surface area contributed by atoms with Gasteiger partial charge in [-0.05, 0) is 41.8 Å². The molecule has 1 atom stereocenters. The van der Waals surface area contributed by atoms with Gasteiger partial charge in [0.2, 0.25) is 5.91 Å². The summed E-state index contributed by atoms with van der Waals surface area (Å²) in [5, 5.41) is 11.7. The fourth-order valence-electron chi connectivity index (χ4n) is 2.65. The summed E-state index contributed by atoms with van der Waals surface area (Å²) in [5.74, 6) is -0.419. The number of nitrogens with one attached hydrogen (secondary N) is 1.